The number of H-pyrrole nitrogens is 1. The molecule has 1 aromatic carbocycles. The lowest BCUT2D eigenvalue weighted by molar-refractivity contribution is -0.118. The molecule has 3 aromatic rings. The Kier molecular flexibility index (Phi) is 3.46. The second-order valence-corrected chi connectivity index (χ2v) is 5.58. The molecule has 0 bridgehead atoms. The molecule has 2 aromatic heterocycles. The molecular weight excluding hydrogens is 290 g/mol. The quantitative estimate of drug-likeness (QED) is 0.809. The van der Waals surface area contributed by atoms with Gasteiger partial charge in [0, 0.05) is 29.7 Å². The van der Waals surface area contributed by atoms with Crippen LogP contribution in [0.25, 0.3) is 10.9 Å². The number of nitrogens with one attached hydrogen (secondary N) is 1. The van der Waals surface area contributed by atoms with Gasteiger partial charge in [-0.2, -0.15) is 0 Å². The average molecular weight is 307 g/mol. The molecule has 1 N–H and O–H groups in total. The van der Waals surface area contributed by atoms with E-state index in [1.807, 2.05) is 36.5 Å². The van der Waals surface area contributed by atoms with Gasteiger partial charge in [-0.05, 0) is 30.2 Å². The van der Waals surface area contributed by atoms with Gasteiger partial charge in [0.05, 0.1) is 6.54 Å². The average Bonchev–Trinajstić information content (AvgIpc) is 3.02. The first kappa shape index (κ1) is 13.8. The van der Waals surface area contributed by atoms with Gasteiger partial charge in [0.2, 0.25) is 5.91 Å². The highest BCUT2D eigenvalue weighted by molar-refractivity contribution is 5.94. The number of aryl methyl sites for hydroxylation is 1. The molecule has 3 heterocycles. The molecular formula is C18H17N3O2. The minimum atomic E-state index is 0.0820. The molecule has 0 spiro atoms. The lowest BCUT2D eigenvalue weighted by Crippen LogP contribution is -2.38. The van der Waals surface area contributed by atoms with Crippen molar-refractivity contribution in [1.82, 2.24) is 9.97 Å². The highest BCUT2D eigenvalue weighted by Gasteiger charge is 2.24. The summed E-state index contributed by atoms with van der Waals surface area (Å²) in [4.78, 5) is 21.9. The molecule has 5 heteroatoms. The van der Waals surface area contributed by atoms with Gasteiger partial charge in [-0.3, -0.25) is 9.69 Å². The van der Waals surface area contributed by atoms with Gasteiger partial charge in [-0.15, -0.1) is 0 Å². The van der Waals surface area contributed by atoms with Crippen LogP contribution in [0.1, 0.15) is 12.0 Å². The Morgan fingerprint density at radius 2 is 2.17 bits per heavy atom. The van der Waals surface area contributed by atoms with Crippen molar-refractivity contribution in [2.24, 2.45) is 0 Å². The first-order chi connectivity index (χ1) is 11.3. The third-order valence-electron chi connectivity index (χ3n) is 4.16. The highest BCUT2D eigenvalue weighted by atomic mass is 16.5. The van der Waals surface area contributed by atoms with Gasteiger partial charge in [-0.1, -0.05) is 18.2 Å². The summed E-state index contributed by atoms with van der Waals surface area (Å²) in [6.07, 6.45) is 4.84. The summed E-state index contributed by atoms with van der Waals surface area (Å²) in [5.74, 6) is 1.39. The number of nitrogens with zero attached hydrogens (tertiary/aromatic N) is 2. The zero-order chi connectivity index (χ0) is 15.6. The molecule has 1 aliphatic rings. The van der Waals surface area contributed by atoms with Gasteiger partial charge < -0.3 is 9.72 Å². The number of para-hydroxylation sites is 1. The first-order valence-electron chi connectivity index (χ1n) is 7.76. The van der Waals surface area contributed by atoms with Crippen LogP contribution < -0.4 is 9.64 Å². The summed E-state index contributed by atoms with van der Waals surface area (Å²) in [5.41, 5.74) is 2.27. The number of pyridine rings is 1. The fourth-order valence-electron chi connectivity index (χ4n) is 3.01. The Morgan fingerprint density at radius 1 is 1.26 bits per heavy atom. The lowest BCUT2D eigenvalue weighted by atomic mass is 10.1. The molecule has 0 atom stereocenters. The molecule has 0 radical (unpaired) electrons. The summed E-state index contributed by atoms with van der Waals surface area (Å²) in [7, 11) is 0. The molecule has 1 amide bonds. The predicted molar refractivity (Wildman–Crippen MR) is 88.7 cm³/mol. The number of hydrogen-bond donors (Lipinski definition) is 1. The number of carbonyl (C=O) groups is 1. The number of fused-ring (bicyclic) bond motifs is 2. The monoisotopic (exact) mass is 307 g/mol. The summed E-state index contributed by atoms with van der Waals surface area (Å²) in [6.45, 7) is 1.06. The zero-order valence-electron chi connectivity index (χ0n) is 12.7. The van der Waals surface area contributed by atoms with Gasteiger partial charge in [-0.25, -0.2) is 4.98 Å². The van der Waals surface area contributed by atoms with Crippen LogP contribution >= 0.6 is 0 Å². The van der Waals surface area contributed by atoms with Crippen molar-refractivity contribution in [2.75, 3.05) is 18.1 Å². The van der Waals surface area contributed by atoms with E-state index in [4.69, 9.17) is 4.74 Å². The molecule has 1 aliphatic heterocycles. The maximum atomic E-state index is 12.6. The van der Waals surface area contributed by atoms with E-state index in [2.05, 4.69) is 16.0 Å². The summed E-state index contributed by atoms with van der Waals surface area (Å²) >= 11 is 0. The molecule has 4 rings (SSSR count). The Hall–Kier alpha value is -2.82. The minimum Gasteiger partial charge on any atom is -0.488 e. The van der Waals surface area contributed by atoms with E-state index in [0.29, 0.717) is 37.6 Å². The van der Waals surface area contributed by atoms with Crippen LogP contribution in [-0.2, 0) is 11.2 Å². The van der Waals surface area contributed by atoms with Crippen molar-refractivity contribution in [3.8, 4) is 5.75 Å². The van der Waals surface area contributed by atoms with E-state index >= 15 is 0 Å². The largest absolute Gasteiger partial charge is 0.488 e. The third-order valence-corrected chi connectivity index (χ3v) is 4.16. The molecule has 23 heavy (non-hydrogen) atoms. The maximum Gasteiger partial charge on any atom is 0.228 e. The SMILES string of the molecule is O=C(CCc1c[nH]c2ccccc12)N1CCOc2cccnc21. The van der Waals surface area contributed by atoms with Crippen LogP contribution in [0.3, 0.4) is 0 Å². The van der Waals surface area contributed by atoms with E-state index in [1.165, 1.54) is 10.9 Å². The van der Waals surface area contributed by atoms with E-state index in [1.54, 1.807) is 11.1 Å². The van der Waals surface area contributed by atoms with Gasteiger partial charge in [0.1, 0.15) is 6.61 Å². The van der Waals surface area contributed by atoms with Crippen molar-refractivity contribution < 1.29 is 9.53 Å². The van der Waals surface area contributed by atoms with Crippen LogP contribution in [0.5, 0.6) is 5.75 Å². The van der Waals surface area contributed by atoms with Gasteiger partial charge >= 0.3 is 0 Å². The number of carbonyl (C=O) groups excluding carboxylic acids is 1. The van der Waals surface area contributed by atoms with Gasteiger partial charge in [0.25, 0.3) is 0 Å². The smallest absolute Gasteiger partial charge is 0.228 e. The maximum absolute atomic E-state index is 12.6. The molecule has 0 unspecified atom stereocenters. The number of hydrogen-bond acceptors (Lipinski definition) is 3. The van der Waals surface area contributed by atoms with E-state index in [0.717, 1.165) is 5.52 Å². The summed E-state index contributed by atoms with van der Waals surface area (Å²) in [5, 5.41) is 1.18. The van der Waals surface area contributed by atoms with E-state index < -0.39 is 0 Å². The van der Waals surface area contributed by atoms with Crippen LogP contribution in [0.4, 0.5) is 5.82 Å². The third kappa shape index (κ3) is 2.54. The molecule has 0 saturated heterocycles. The number of aromatic nitrogens is 2. The molecule has 0 aliphatic carbocycles. The second-order valence-electron chi connectivity index (χ2n) is 5.58. The second kappa shape index (κ2) is 5.76. The zero-order valence-corrected chi connectivity index (χ0v) is 12.7. The highest BCUT2D eigenvalue weighted by Crippen LogP contribution is 2.29. The van der Waals surface area contributed by atoms with Crippen LogP contribution in [0.2, 0.25) is 0 Å². The minimum absolute atomic E-state index is 0.0820. The van der Waals surface area contributed by atoms with Crippen LogP contribution in [0, 0.1) is 0 Å². The normalized spacial score (nSPS) is 13.7. The number of anilines is 1. The fourth-order valence-corrected chi connectivity index (χ4v) is 3.01. The van der Waals surface area contributed by atoms with Gasteiger partial charge in [0.15, 0.2) is 11.6 Å². The van der Waals surface area contributed by atoms with Crippen molar-refractivity contribution in [2.45, 2.75) is 12.8 Å². The standard InChI is InChI=1S/C18H17N3O2/c22-17(21-10-11-23-16-6-3-9-19-18(16)21)8-7-13-12-20-15-5-2-1-4-14(13)15/h1-6,9,12,20H,7-8,10-11H2. The molecule has 5 nitrogen and oxygen atoms in total. The van der Waals surface area contributed by atoms with E-state index in [-0.39, 0.29) is 5.91 Å². The Labute approximate surface area is 133 Å². The lowest BCUT2D eigenvalue weighted by Gasteiger charge is -2.28. The van der Waals surface area contributed by atoms with Crippen molar-refractivity contribution in [3.05, 3.63) is 54.4 Å². The number of aromatic amines is 1. The first-order valence-corrected chi connectivity index (χ1v) is 7.76. The number of rotatable bonds is 3. The predicted octanol–water partition coefficient (Wildman–Crippen LogP) is 2.92. The number of ether oxygens (including phenoxy) is 1. The van der Waals surface area contributed by atoms with Crippen LogP contribution in [-0.4, -0.2) is 29.0 Å². The molecule has 0 fully saturated rings. The number of benzene rings is 1. The Balaban J connectivity index is 1.51. The van der Waals surface area contributed by atoms with Crippen molar-refractivity contribution in [1.29, 1.82) is 0 Å². The Morgan fingerprint density at radius 3 is 3.13 bits per heavy atom. The molecule has 0 saturated carbocycles. The topological polar surface area (TPSA) is 58.2 Å². The number of amides is 1. The van der Waals surface area contributed by atoms with Crippen LogP contribution in [0.15, 0.2) is 48.8 Å². The summed E-state index contributed by atoms with van der Waals surface area (Å²) in [6, 6.07) is 11.8. The Bertz CT molecular complexity index is 856. The van der Waals surface area contributed by atoms with Crippen molar-refractivity contribution in [3.63, 3.8) is 0 Å². The molecule has 116 valence electrons. The van der Waals surface area contributed by atoms with Crippen molar-refractivity contribution >= 4 is 22.6 Å². The summed E-state index contributed by atoms with van der Waals surface area (Å²) < 4.78 is 5.55. The van der Waals surface area contributed by atoms with E-state index in [9.17, 15) is 4.79 Å². The fraction of sp³-hybridized carbons (Fsp3) is 0.222.